The average Bonchev–Trinajstić information content (AvgIpc) is 3.05. The normalized spacial score (nSPS) is 16.0. The molecule has 6 heteroatoms. The molecular formula is C16H23N3O3. The molecule has 1 saturated heterocycles. The van der Waals surface area contributed by atoms with Gasteiger partial charge in [0.1, 0.15) is 5.76 Å². The van der Waals surface area contributed by atoms with E-state index in [1.54, 1.807) is 24.5 Å². The third-order valence-electron chi connectivity index (χ3n) is 3.75. The maximum atomic E-state index is 12.1. The number of amides is 3. The summed E-state index contributed by atoms with van der Waals surface area (Å²) in [5.74, 6) is 1.11. The number of nitrogens with one attached hydrogen (secondary N) is 2. The number of hydrogen-bond acceptors (Lipinski definition) is 3. The number of furan rings is 1. The highest BCUT2D eigenvalue weighted by Gasteiger charge is 2.21. The minimum atomic E-state index is -0.123. The maximum Gasteiger partial charge on any atom is 0.314 e. The fourth-order valence-corrected chi connectivity index (χ4v) is 2.46. The van der Waals surface area contributed by atoms with Crippen molar-refractivity contribution in [3.8, 4) is 0 Å². The highest BCUT2D eigenvalue weighted by atomic mass is 16.3. The van der Waals surface area contributed by atoms with E-state index in [1.807, 2.05) is 17.9 Å². The molecule has 0 atom stereocenters. The van der Waals surface area contributed by atoms with Crippen LogP contribution in [-0.4, -0.2) is 43.0 Å². The van der Waals surface area contributed by atoms with Crippen molar-refractivity contribution in [2.24, 2.45) is 5.92 Å². The fourth-order valence-electron chi connectivity index (χ4n) is 2.46. The van der Waals surface area contributed by atoms with E-state index in [9.17, 15) is 9.59 Å². The lowest BCUT2D eigenvalue weighted by molar-refractivity contribution is -0.127. The van der Waals surface area contributed by atoms with Gasteiger partial charge < -0.3 is 20.0 Å². The zero-order valence-electron chi connectivity index (χ0n) is 12.9. The Hall–Kier alpha value is -2.24. The molecule has 1 aromatic heterocycles. The summed E-state index contributed by atoms with van der Waals surface area (Å²) in [7, 11) is 0. The van der Waals surface area contributed by atoms with E-state index in [-0.39, 0.29) is 11.9 Å². The van der Waals surface area contributed by atoms with Crippen LogP contribution in [0.5, 0.6) is 0 Å². The number of hydrogen-bond donors (Lipinski definition) is 2. The molecule has 120 valence electrons. The minimum Gasteiger partial charge on any atom is -0.465 e. The molecule has 22 heavy (non-hydrogen) atoms. The second-order valence-electron chi connectivity index (χ2n) is 5.36. The minimum absolute atomic E-state index is 0.00605. The standard InChI is InChI=1S/C16H23N3O3/c1-2-17-16(21)18-12-13-7-9-19(10-8-13)15(20)6-5-14-4-3-11-22-14/h3-6,11,13H,2,7-10,12H2,1H3,(H2,17,18,21)/b6-5+. The second kappa shape index (κ2) is 8.26. The molecule has 1 aliphatic heterocycles. The lowest BCUT2D eigenvalue weighted by Gasteiger charge is -2.31. The summed E-state index contributed by atoms with van der Waals surface area (Å²) >= 11 is 0. The van der Waals surface area contributed by atoms with Crippen molar-refractivity contribution in [3.05, 3.63) is 30.2 Å². The van der Waals surface area contributed by atoms with Crippen LogP contribution in [0.15, 0.2) is 28.9 Å². The van der Waals surface area contributed by atoms with Gasteiger partial charge in [-0.25, -0.2) is 4.79 Å². The van der Waals surface area contributed by atoms with Crippen molar-refractivity contribution in [1.82, 2.24) is 15.5 Å². The van der Waals surface area contributed by atoms with Gasteiger partial charge in [0, 0.05) is 32.3 Å². The van der Waals surface area contributed by atoms with E-state index in [2.05, 4.69) is 10.6 Å². The Kier molecular flexibility index (Phi) is 6.06. The van der Waals surface area contributed by atoms with Crippen LogP contribution in [0, 0.1) is 5.92 Å². The second-order valence-corrected chi connectivity index (χ2v) is 5.36. The Labute approximate surface area is 130 Å². The Morgan fingerprint density at radius 2 is 2.14 bits per heavy atom. The molecule has 6 nitrogen and oxygen atoms in total. The summed E-state index contributed by atoms with van der Waals surface area (Å²) in [6.45, 7) is 4.63. The summed E-state index contributed by atoms with van der Waals surface area (Å²) < 4.78 is 5.16. The van der Waals surface area contributed by atoms with Gasteiger partial charge in [0.25, 0.3) is 0 Å². The molecule has 0 spiro atoms. The quantitative estimate of drug-likeness (QED) is 0.815. The number of rotatable bonds is 5. The Morgan fingerprint density at radius 1 is 1.36 bits per heavy atom. The summed E-state index contributed by atoms with van der Waals surface area (Å²) in [6.07, 6.45) is 6.63. The third kappa shape index (κ3) is 4.95. The van der Waals surface area contributed by atoms with E-state index in [1.165, 1.54) is 0 Å². The molecule has 0 bridgehead atoms. The molecule has 2 heterocycles. The maximum absolute atomic E-state index is 12.1. The molecular weight excluding hydrogens is 282 g/mol. The molecule has 2 rings (SSSR count). The molecule has 1 fully saturated rings. The van der Waals surface area contributed by atoms with Crippen LogP contribution in [0.4, 0.5) is 4.79 Å². The van der Waals surface area contributed by atoms with Crippen LogP contribution in [0.1, 0.15) is 25.5 Å². The number of piperidine rings is 1. The summed E-state index contributed by atoms with van der Waals surface area (Å²) in [5.41, 5.74) is 0. The SMILES string of the molecule is CCNC(=O)NCC1CCN(C(=O)/C=C/c2ccco2)CC1. The number of urea groups is 1. The van der Waals surface area contributed by atoms with E-state index in [0.717, 1.165) is 25.9 Å². The Balaban J connectivity index is 1.70. The van der Waals surface area contributed by atoms with Gasteiger partial charge in [0.05, 0.1) is 6.26 Å². The monoisotopic (exact) mass is 305 g/mol. The number of carbonyl (C=O) groups excluding carboxylic acids is 2. The van der Waals surface area contributed by atoms with Crippen LogP contribution in [0.2, 0.25) is 0 Å². The number of carbonyl (C=O) groups is 2. The molecule has 3 amide bonds. The van der Waals surface area contributed by atoms with Crippen molar-refractivity contribution >= 4 is 18.0 Å². The molecule has 2 N–H and O–H groups in total. The van der Waals surface area contributed by atoms with Gasteiger partial charge in [-0.05, 0) is 43.9 Å². The highest BCUT2D eigenvalue weighted by molar-refractivity contribution is 5.91. The lowest BCUT2D eigenvalue weighted by Crippen LogP contribution is -2.43. The van der Waals surface area contributed by atoms with Gasteiger partial charge in [-0.15, -0.1) is 0 Å². The smallest absolute Gasteiger partial charge is 0.314 e. The molecule has 0 aromatic carbocycles. The Bertz CT molecular complexity index is 503. The summed E-state index contributed by atoms with van der Waals surface area (Å²) in [6, 6.07) is 3.47. The van der Waals surface area contributed by atoms with E-state index in [0.29, 0.717) is 24.8 Å². The molecule has 0 unspecified atom stereocenters. The molecule has 1 aliphatic rings. The zero-order chi connectivity index (χ0) is 15.8. The first-order valence-corrected chi connectivity index (χ1v) is 7.71. The van der Waals surface area contributed by atoms with Crippen molar-refractivity contribution in [1.29, 1.82) is 0 Å². The lowest BCUT2D eigenvalue weighted by atomic mass is 9.97. The predicted molar refractivity (Wildman–Crippen MR) is 84.1 cm³/mol. The van der Waals surface area contributed by atoms with Gasteiger partial charge in [-0.3, -0.25) is 4.79 Å². The molecule has 1 aromatic rings. The van der Waals surface area contributed by atoms with Crippen molar-refractivity contribution in [2.75, 3.05) is 26.2 Å². The number of likely N-dealkylation sites (tertiary alicyclic amines) is 1. The van der Waals surface area contributed by atoms with E-state index < -0.39 is 0 Å². The van der Waals surface area contributed by atoms with Gasteiger partial charge in [0.15, 0.2) is 0 Å². The van der Waals surface area contributed by atoms with Gasteiger partial charge >= 0.3 is 6.03 Å². The predicted octanol–water partition coefficient (Wildman–Crippen LogP) is 1.85. The van der Waals surface area contributed by atoms with Gasteiger partial charge in [-0.1, -0.05) is 0 Å². The van der Waals surface area contributed by atoms with E-state index >= 15 is 0 Å². The molecule has 0 radical (unpaired) electrons. The van der Waals surface area contributed by atoms with Crippen LogP contribution < -0.4 is 10.6 Å². The van der Waals surface area contributed by atoms with Crippen LogP contribution in [-0.2, 0) is 4.79 Å². The fraction of sp³-hybridized carbons (Fsp3) is 0.500. The topological polar surface area (TPSA) is 74.6 Å². The van der Waals surface area contributed by atoms with Crippen molar-refractivity contribution in [2.45, 2.75) is 19.8 Å². The molecule has 0 aliphatic carbocycles. The third-order valence-corrected chi connectivity index (χ3v) is 3.75. The first-order chi connectivity index (χ1) is 10.7. The van der Waals surface area contributed by atoms with Crippen molar-refractivity contribution < 1.29 is 14.0 Å². The Morgan fingerprint density at radius 3 is 2.77 bits per heavy atom. The van der Waals surface area contributed by atoms with E-state index in [4.69, 9.17) is 4.42 Å². The van der Waals surface area contributed by atoms with Crippen LogP contribution >= 0.6 is 0 Å². The van der Waals surface area contributed by atoms with Crippen LogP contribution in [0.3, 0.4) is 0 Å². The first kappa shape index (κ1) is 16.1. The first-order valence-electron chi connectivity index (χ1n) is 7.71. The molecule has 0 saturated carbocycles. The largest absolute Gasteiger partial charge is 0.465 e. The number of nitrogens with zero attached hydrogens (tertiary/aromatic N) is 1. The van der Waals surface area contributed by atoms with Gasteiger partial charge in [0.2, 0.25) is 5.91 Å². The highest BCUT2D eigenvalue weighted by Crippen LogP contribution is 2.17. The van der Waals surface area contributed by atoms with Crippen molar-refractivity contribution in [3.63, 3.8) is 0 Å². The zero-order valence-corrected chi connectivity index (χ0v) is 12.9. The van der Waals surface area contributed by atoms with Crippen LogP contribution in [0.25, 0.3) is 6.08 Å². The summed E-state index contributed by atoms with van der Waals surface area (Å²) in [4.78, 5) is 25.3. The average molecular weight is 305 g/mol. The summed E-state index contributed by atoms with van der Waals surface area (Å²) in [5, 5.41) is 5.57. The van der Waals surface area contributed by atoms with Gasteiger partial charge in [-0.2, -0.15) is 0 Å².